The van der Waals surface area contributed by atoms with Crippen LogP contribution in [0.2, 0.25) is 0 Å². The molecule has 0 unspecified atom stereocenters. The van der Waals surface area contributed by atoms with Crippen LogP contribution in [0.5, 0.6) is 0 Å². The fraction of sp³-hybridized carbons (Fsp3) is 0.0526. The molecular weight excluding hydrogens is 685 g/mol. The Kier molecular flexibility index (Phi) is 6.78. The molecule has 1 aliphatic carbocycles. The molecule has 0 bridgehead atoms. The lowest BCUT2D eigenvalue weighted by Crippen LogP contribution is -2.17. The molecule has 0 amide bonds. The Hall–Kier alpha value is -7.02. The second-order valence-electron chi connectivity index (χ2n) is 16.3. The summed E-state index contributed by atoms with van der Waals surface area (Å²) in [5.41, 5.74) is 13.0. The van der Waals surface area contributed by atoms with Crippen LogP contribution in [-0.2, 0) is 5.41 Å². The first-order chi connectivity index (χ1) is 28.1. The first kappa shape index (κ1) is 32.2. The maximum atomic E-state index is 2.45. The SMILES string of the molecule is CC1(C)c2c(-c3c4ccccc4c(-c4cccc(-c5cc6ccccc6c6ccccc56)c4)c4ccccc34)cccc2-c2c1c1ccccc1c1ccccc21. The first-order valence-corrected chi connectivity index (χ1v) is 20.1. The van der Waals surface area contributed by atoms with Crippen molar-refractivity contribution in [3.05, 3.63) is 205 Å². The molecule has 0 heteroatoms. The second kappa shape index (κ2) is 12.0. The summed E-state index contributed by atoms with van der Waals surface area (Å²) in [6.07, 6.45) is 0. The predicted octanol–water partition coefficient (Wildman–Crippen LogP) is 15.9. The third kappa shape index (κ3) is 4.50. The zero-order chi connectivity index (χ0) is 37.8. The molecule has 0 heterocycles. The van der Waals surface area contributed by atoms with Crippen molar-refractivity contribution in [1.29, 1.82) is 0 Å². The molecule has 0 atom stereocenters. The van der Waals surface area contributed by atoms with Crippen molar-refractivity contribution in [2.75, 3.05) is 0 Å². The van der Waals surface area contributed by atoms with Gasteiger partial charge in [0.15, 0.2) is 0 Å². The lowest BCUT2D eigenvalue weighted by Gasteiger charge is -2.27. The highest BCUT2D eigenvalue weighted by atomic mass is 14.4. The van der Waals surface area contributed by atoms with Gasteiger partial charge in [0.1, 0.15) is 0 Å². The van der Waals surface area contributed by atoms with Crippen LogP contribution in [0.4, 0.5) is 0 Å². The second-order valence-corrected chi connectivity index (χ2v) is 16.3. The average Bonchev–Trinajstić information content (AvgIpc) is 3.52. The van der Waals surface area contributed by atoms with Crippen molar-refractivity contribution in [2.24, 2.45) is 0 Å². The molecule has 11 aromatic carbocycles. The summed E-state index contributed by atoms with van der Waals surface area (Å²) in [4.78, 5) is 0. The van der Waals surface area contributed by atoms with Gasteiger partial charge in [0.25, 0.3) is 0 Å². The minimum Gasteiger partial charge on any atom is -0.0616 e. The van der Waals surface area contributed by atoms with Crippen LogP contribution in [0.15, 0.2) is 194 Å². The van der Waals surface area contributed by atoms with E-state index in [2.05, 4.69) is 208 Å². The molecule has 0 aliphatic heterocycles. The molecule has 0 fully saturated rings. The predicted molar refractivity (Wildman–Crippen MR) is 245 cm³/mol. The standard InChI is InChI=1S/C57H38/c1-57(2)55-49(31-16-32-50(55)54-43-25-9-7-22-40(43)41-23-8-14-30-48(41)56(54)57)53-46-28-12-10-26-44(46)52(45-27-11-13-29-47(45)53)37-19-15-18-35(33-37)51-34-36-17-3-4-20-38(36)39-21-5-6-24-42(39)51/h3-34H,1-2H3. The van der Waals surface area contributed by atoms with Gasteiger partial charge in [-0.1, -0.05) is 196 Å². The Balaban J connectivity index is 1.13. The number of hydrogen-bond donors (Lipinski definition) is 0. The number of fused-ring (bicyclic) bond motifs is 13. The van der Waals surface area contributed by atoms with Gasteiger partial charge in [-0.25, -0.2) is 0 Å². The van der Waals surface area contributed by atoms with Crippen LogP contribution >= 0.6 is 0 Å². The highest BCUT2D eigenvalue weighted by Gasteiger charge is 2.40. The Bertz CT molecular complexity index is 3430. The molecular formula is C57H38. The lowest BCUT2D eigenvalue weighted by atomic mass is 9.75. The molecule has 0 aromatic heterocycles. The van der Waals surface area contributed by atoms with Crippen molar-refractivity contribution in [3.8, 4) is 44.5 Å². The normalized spacial score (nSPS) is 13.2. The van der Waals surface area contributed by atoms with E-state index in [4.69, 9.17) is 0 Å². The van der Waals surface area contributed by atoms with Crippen LogP contribution < -0.4 is 0 Å². The zero-order valence-electron chi connectivity index (χ0n) is 32.0. The molecule has 12 rings (SSSR count). The topological polar surface area (TPSA) is 0 Å². The summed E-state index contributed by atoms with van der Waals surface area (Å²) in [6.45, 7) is 4.90. The van der Waals surface area contributed by atoms with Crippen molar-refractivity contribution < 1.29 is 0 Å². The van der Waals surface area contributed by atoms with Gasteiger partial charge in [-0.05, 0) is 132 Å². The van der Waals surface area contributed by atoms with Gasteiger partial charge in [-0.3, -0.25) is 0 Å². The van der Waals surface area contributed by atoms with Gasteiger partial charge < -0.3 is 0 Å². The fourth-order valence-corrected chi connectivity index (χ4v) is 10.7. The summed E-state index contributed by atoms with van der Waals surface area (Å²) in [6, 6.07) is 72.5. The lowest BCUT2D eigenvalue weighted by molar-refractivity contribution is 0.668. The van der Waals surface area contributed by atoms with E-state index in [1.54, 1.807) is 0 Å². The van der Waals surface area contributed by atoms with Gasteiger partial charge in [0.2, 0.25) is 0 Å². The van der Waals surface area contributed by atoms with Crippen molar-refractivity contribution in [1.82, 2.24) is 0 Å². The van der Waals surface area contributed by atoms with Gasteiger partial charge in [-0.2, -0.15) is 0 Å². The minimum absolute atomic E-state index is 0.233. The van der Waals surface area contributed by atoms with Crippen LogP contribution in [-0.4, -0.2) is 0 Å². The molecule has 0 N–H and O–H groups in total. The molecule has 0 saturated carbocycles. The molecule has 57 heavy (non-hydrogen) atoms. The van der Waals surface area contributed by atoms with Crippen LogP contribution in [0.25, 0.3) is 109 Å². The van der Waals surface area contributed by atoms with E-state index in [9.17, 15) is 0 Å². The van der Waals surface area contributed by atoms with E-state index in [1.807, 2.05) is 0 Å². The summed E-state index contributed by atoms with van der Waals surface area (Å²) in [5.74, 6) is 0. The third-order valence-corrected chi connectivity index (χ3v) is 12.9. The van der Waals surface area contributed by atoms with Crippen molar-refractivity contribution in [3.63, 3.8) is 0 Å². The Morgan fingerprint density at radius 1 is 0.263 bits per heavy atom. The highest BCUT2D eigenvalue weighted by Crippen LogP contribution is 2.58. The van der Waals surface area contributed by atoms with Crippen LogP contribution in [0.1, 0.15) is 25.0 Å². The molecule has 11 aromatic rings. The van der Waals surface area contributed by atoms with E-state index >= 15 is 0 Å². The quantitative estimate of drug-likeness (QED) is 0.126. The molecule has 0 nitrogen and oxygen atoms in total. The van der Waals surface area contributed by atoms with E-state index in [-0.39, 0.29) is 5.41 Å². The number of benzene rings is 11. The van der Waals surface area contributed by atoms with Gasteiger partial charge in [0, 0.05) is 5.41 Å². The Labute approximate surface area is 332 Å². The fourth-order valence-electron chi connectivity index (χ4n) is 10.7. The van der Waals surface area contributed by atoms with Gasteiger partial charge >= 0.3 is 0 Å². The number of hydrogen-bond acceptors (Lipinski definition) is 0. The van der Waals surface area contributed by atoms with Crippen LogP contribution in [0.3, 0.4) is 0 Å². The summed E-state index contributed by atoms with van der Waals surface area (Å²) in [7, 11) is 0. The molecule has 0 saturated heterocycles. The average molecular weight is 723 g/mol. The maximum Gasteiger partial charge on any atom is 0.0171 e. The van der Waals surface area contributed by atoms with Crippen molar-refractivity contribution in [2.45, 2.75) is 19.3 Å². The van der Waals surface area contributed by atoms with E-state index < -0.39 is 0 Å². The molecule has 0 radical (unpaired) electrons. The van der Waals surface area contributed by atoms with Crippen molar-refractivity contribution >= 4 is 64.6 Å². The smallest absolute Gasteiger partial charge is 0.0171 e. The third-order valence-electron chi connectivity index (χ3n) is 12.9. The number of rotatable bonds is 3. The molecule has 0 spiro atoms. The molecule has 1 aliphatic rings. The highest BCUT2D eigenvalue weighted by molar-refractivity contribution is 6.24. The zero-order valence-corrected chi connectivity index (χ0v) is 32.0. The van der Waals surface area contributed by atoms with Gasteiger partial charge in [0.05, 0.1) is 0 Å². The van der Waals surface area contributed by atoms with E-state index in [0.29, 0.717) is 0 Å². The Morgan fingerprint density at radius 2 is 0.684 bits per heavy atom. The Morgan fingerprint density at radius 3 is 1.32 bits per heavy atom. The van der Waals surface area contributed by atoms with Gasteiger partial charge in [-0.15, -0.1) is 0 Å². The molecule has 266 valence electrons. The first-order valence-electron chi connectivity index (χ1n) is 20.1. The summed E-state index contributed by atoms with van der Waals surface area (Å²) < 4.78 is 0. The minimum atomic E-state index is -0.233. The van der Waals surface area contributed by atoms with Crippen LogP contribution in [0, 0.1) is 0 Å². The maximum absolute atomic E-state index is 2.45. The monoisotopic (exact) mass is 722 g/mol. The largest absolute Gasteiger partial charge is 0.0616 e. The summed E-state index contributed by atoms with van der Waals surface area (Å²) >= 11 is 0. The summed E-state index contributed by atoms with van der Waals surface area (Å²) in [5, 5.41) is 15.6. The van der Waals surface area contributed by atoms with E-state index in [1.165, 1.54) is 120 Å². The van der Waals surface area contributed by atoms with E-state index in [0.717, 1.165) is 0 Å².